The summed E-state index contributed by atoms with van der Waals surface area (Å²) in [5.41, 5.74) is 1.60. The number of carboxylic acid groups (broad SMARTS) is 1. The van der Waals surface area contributed by atoms with Crippen LogP contribution in [0.5, 0.6) is 5.75 Å². The number of carbonyl (C=O) groups is 1. The van der Waals surface area contributed by atoms with Crippen molar-refractivity contribution in [2.75, 3.05) is 19.1 Å². The summed E-state index contributed by atoms with van der Waals surface area (Å²) in [6.07, 6.45) is -4.30. The molecule has 0 aromatic heterocycles. The Balaban J connectivity index is 2.45. The van der Waals surface area contributed by atoms with E-state index in [1.165, 1.54) is 25.1 Å². The highest BCUT2D eigenvalue weighted by molar-refractivity contribution is 5.73. The molecular formula is C14H16F3NO3. The van der Waals surface area contributed by atoms with Gasteiger partial charge in [-0.1, -0.05) is 6.07 Å². The predicted molar refractivity (Wildman–Crippen MR) is 70.9 cm³/mol. The lowest BCUT2D eigenvalue weighted by atomic mass is 9.93. The van der Waals surface area contributed by atoms with E-state index >= 15 is 0 Å². The van der Waals surface area contributed by atoms with Crippen LogP contribution in [0.2, 0.25) is 0 Å². The molecule has 21 heavy (non-hydrogen) atoms. The van der Waals surface area contributed by atoms with Crippen LogP contribution >= 0.6 is 0 Å². The lowest BCUT2D eigenvalue weighted by Crippen LogP contribution is -2.46. The van der Waals surface area contributed by atoms with E-state index in [1.807, 2.05) is 0 Å². The van der Waals surface area contributed by atoms with Crippen LogP contribution < -0.4 is 9.64 Å². The first kappa shape index (κ1) is 15.5. The fourth-order valence-corrected chi connectivity index (χ4v) is 2.78. The molecule has 0 radical (unpaired) electrons. The van der Waals surface area contributed by atoms with Crippen molar-refractivity contribution in [1.82, 2.24) is 0 Å². The molecule has 0 amide bonds. The normalized spacial score (nSPS) is 18.3. The van der Waals surface area contributed by atoms with Crippen LogP contribution in [-0.2, 0) is 17.6 Å². The molecule has 1 aromatic rings. The van der Waals surface area contributed by atoms with Crippen LogP contribution in [-0.4, -0.2) is 37.5 Å². The number of methoxy groups -OCH3 is 1. The first-order valence-electron chi connectivity index (χ1n) is 6.45. The lowest BCUT2D eigenvalue weighted by Gasteiger charge is -2.38. The smallest absolute Gasteiger partial charge is 0.408 e. The predicted octanol–water partition coefficient (Wildman–Crippen LogP) is 2.64. The zero-order valence-corrected chi connectivity index (χ0v) is 11.7. The molecule has 1 aromatic carbocycles. The quantitative estimate of drug-likeness (QED) is 0.932. The van der Waals surface area contributed by atoms with E-state index in [0.717, 1.165) is 0 Å². The number of carboxylic acids is 1. The van der Waals surface area contributed by atoms with E-state index in [2.05, 4.69) is 0 Å². The Hall–Kier alpha value is -1.92. The van der Waals surface area contributed by atoms with Crippen molar-refractivity contribution in [2.45, 2.75) is 31.5 Å². The van der Waals surface area contributed by atoms with Crippen molar-refractivity contribution in [1.29, 1.82) is 0 Å². The van der Waals surface area contributed by atoms with Crippen molar-refractivity contribution < 1.29 is 27.8 Å². The summed E-state index contributed by atoms with van der Waals surface area (Å²) in [6.45, 7) is 0. The second-order valence-electron chi connectivity index (χ2n) is 5.08. The first-order chi connectivity index (χ1) is 9.74. The Morgan fingerprint density at radius 3 is 2.67 bits per heavy atom. The monoisotopic (exact) mass is 303 g/mol. The lowest BCUT2D eigenvalue weighted by molar-refractivity contribution is -0.150. The molecule has 1 heterocycles. The maximum atomic E-state index is 13.0. The van der Waals surface area contributed by atoms with Gasteiger partial charge in [0.15, 0.2) is 0 Å². The molecule has 116 valence electrons. The zero-order valence-electron chi connectivity index (χ0n) is 11.7. The fourth-order valence-electron chi connectivity index (χ4n) is 2.78. The number of halogens is 3. The minimum Gasteiger partial charge on any atom is -0.495 e. The first-order valence-corrected chi connectivity index (χ1v) is 6.45. The third-order valence-electron chi connectivity index (χ3n) is 3.67. The molecule has 0 spiro atoms. The van der Waals surface area contributed by atoms with Gasteiger partial charge in [0.05, 0.1) is 19.2 Å². The van der Waals surface area contributed by atoms with Gasteiger partial charge in [-0.05, 0) is 30.0 Å². The summed E-state index contributed by atoms with van der Waals surface area (Å²) in [7, 11) is 2.75. The third-order valence-corrected chi connectivity index (χ3v) is 3.67. The van der Waals surface area contributed by atoms with Crippen LogP contribution in [0.1, 0.15) is 17.5 Å². The van der Waals surface area contributed by atoms with Gasteiger partial charge in [0, 0.05) is 7.05 Å². The van der Waals surface area contributed by atoms with Gasteiger partial charge in [-0.3, -0.25) is 4.79 Å². The number of nitrogens with zero attached hydrogens (tertiary/aromatic N) is 1. The van der Waals surface area contributed by atoms with E-state index in [9.17, 15) is 18.0 Å². The number of aliphatic carboxylic acids is 1. The van der Waals surface area contributed by atoms with Gasteiger partial charge in [-0.15, -0.1) is 0 Å². The minimum atomic E-state index is -4.31. The van der Waals surface area contributed by atoms with E-state index in [0.29, 0.717) is 16.8 Å². The number of hydrogen-bond donors (Lipinski definition) is 1. The standard InChI is InChI=1S/C14H16F3NO3/c1-18-11(14(15,16)17)4-3-9-5-8(7-12(19)20)6-10(21-2)13(9)18/h5-6,11H,3-4,7H2,1-2H3,(H,19,20). The summed E-state index contributed by atoms with van der Waals surface area (Å²) in [4.78, 5) is 12.0. The third kappa shape index (κ3) is 3.06. The average Bonchev–Trinajstić information content (AvgIpc) is 2.35. The number of hydrogen-bond acceptors (Lipinski definition) is 3. The second-order valence-corrected chi connectivity index (χ2v) is 5.08. The van der Waals surface area contributed by atoms with Crippen molar-refractivity contribution in [3.05, 3.63) is 23.3 Å². The summed E-state index contributed by atoms with van der Waals surface area (Å²) in [6, 6.07) is 1.58. The molecular weight excluding hydrogens is 287 g/mol. The van der Waals surface area contributed by atoms with Crippen molar-refractivity contribution >= 4 is 11.7 Å². The molecule has 4 nitrogen and oxygen atoms in total. The number of alkyl halides is 3. The molecule has 0 saturated carbocycles. The number of rotatable bonds is 3. The number of benzene rings is 1. The van der Waals surface area contributed by atoms with E-state index in [-0.39, 0.29) is 25.0 Å². The SMILES string of the molecule is COc1cc(CC(=O)O)cc2c1N(C)C(C(F)(F)F)CC2. The fraction of sp³-hybridized carbons (Fsp3) is 0.500. The zero-order chi connectivity index (χ0) is 15.8. The van der Waals surface area contributed by atoms with Crippen molar-refractivity contribution in [3.8, 4) is 5.75 Å². The van der Waals surface area contributed by atoms with Gasteiger partial charge in [0.1, 0.15) is 11.8 Å². The van der Waals surface area contributed by atoms with Gasteiger partial charge < -0.3 is 14.7 Å². The summed E-state index contributed by atoms with van der Waals surface area (Å²) >= 11 is 0. The van der Waals surface area contributed by atoms with Gasteiger partial charge in [-0.2, -0.15) is 13.2 Å². The Labute approximate surface area is 120 Å². The molecule has 1 N–H and O–H groups in total. The number of fused-ring (bicyclic) bond motifs is 1. The summed E-state index contributed by atoms with van der Waals surface area (Å²) in [5.74, 6) is -0.713. The van der Waals surface area contributed by atoms with Crippen LogP contribution in [0.4, 0.5) is 18.9 Å². The molecule has 1 aliphatic heterocycles. The maximum Gasteiger partial charge on any atom is 0.408 e. The summed E-state index contributed by atoms with van der Waals surface area (Å²) < 4.78 is 44.2. The molecule has 1 aliphatic rings. The number of aryl methyl sites for hydroxylation is 1. The number of ether oxygens (including phenoxy) is 1. The van der Waals surface area contributed by atoms with Gasteiger partial charge in [0.25, 0.3) is 0 Å². The Bertz CT molecular complexity index is 540. The number of anilines is 1. The van der Waals surface area contributed by atoms with E-state index in [4.69, 9.17) is 9.84 Å². The van der Waals surface area contributed by atoms with E-state index < -0.39 is 18.2 Å². The molecule has 0 bridgehead atoms. The second kappa shape index (κ2) is 5.46. The van der Waals surface area contributed by atoms with Crippen LogP contribution in [0.3, 0.4) is 0 Å². The molecule has 0 aliphatic carbocycles. The van der Waals surface area contributed by atoms with Crippen molar-refractivity contribution in [3.63, 3.8) is 0 Å². The highest BCUT2D eigenvalue weighted by Gasteiger charge is 2.45. The molecule has 7 heteroatoms. The largest absolute Gasteiger partial charge is 0.495 e. The van der Waals surface area contributed by atoms with Gasteiger partial charge >= 0.3 is 12.1 Å². The van der Waals surface area contributed by atoms with Crippen LogP contribution in [0.15, 0.2) is 12.1 Å². The Morgan fingerprint density at radius 2 is 2.14 bits per heavy atom. The maximum absolute atomic E-state index is 13.0. The Morgan fingerprint density at radius 1 is 1.48 bits per heavy atom. The molecule has 1 unspecified atom stereocenters. The molecule has 0 fully saturated rings. The molecule has 2 rings (SSSR count). The topological polar surface area (TPSA) is 49.8 Å². The molecule has 0 saturated heterocycles. The summed E-state index contributed by atoms with van der Waals surface area (Å²) in [5, 5.41) is 8.84. The van der Waals surface area contributed by atoms with Crippen LogP contribution in [0.25, 0.3) is 0 Å². The Kier molecular flexibility index (Phi) is 4.02. The van der Waals surface area contributed by atoms with Gasteiger partial charge in [0.2, 0.25) is 0 Å². The van der Waals surface area contributed by atoms with Gasteiger partial charge in [-0.25, -0.2) is 0 Å². The van der Waals surface area contributed by atoms with E-state index in [1.54, 1.807) is 6.07 Å². The van der Waals surface area contributed by atoms with Crippen molar-refractivity contribution in [2.24, 2.45) is 0 Å². The highest BCUT2D eigenvalue weighted by atomic mass is 19.4. The highest BCUT2D eigenvalue weighted by Crippen LogP contribution is 2.42. The minimum absolute atomic E-state index is 0.0489. The van der Waals surface area contributed by atoms with Crippen LogP contribution in [0, 0.1) is 0 Å². The average molecular weight is 303 g/mol. The molecule has 1 atom stereocenters.